The number of hydrogen-bond acceptors (Lipinski definition) is 2. The van der Waals surface area contributed by atoms with Gasteiger partial charge in [-0.1, -0.05) is 6.92 Å². The highest BCUT2D eigenvalue weighted by Crippen LogP contribution is 2.18. The van der Waals surface area contributed by atoms with Crippen LogP contribution in [-0.4, -0.2) is 22.2 Å². The summed E-state index contributed by atoms with van der Waals surface area (Å²) in [6, 6.07) is 6.04. The summed E-state index contributed by atoms with van der Waals surface area (Å²) in [5, 5.41) is 7.22. The van der Waals surface area contributed by atoms with Crippen LogP contribution < -0.4 is 5.32 Å². The Morgan fingerprint density at radius 1 is 1.30 bits per heavy atom. The first-order valence-corrected chi connectivity index (χ1v) is 6.65. The highest BCUT2D eigenvalue weighted by Gasteiger charge is 2.18. The van der Waals surface area contributed by atoms with E-state index in [0.29, 0.717) is 17.8 Å². The largest absolute Gasteiger partial charge is 0.352 e. The van der Waals surface area contributed by atoms with E-state index >= 15 is 0 Å². The number of carbonyl (C=O) groups is 1. The Hall–Kier alpha value is -2.17. The standard InChI is InChI=1S/C15H18FN3O/c1-4-9-17-15(20)14-10(2)18-19(11(14)3)13-7-5-12(16)6-8-13/h5-8H,4,9H2,1-3H3,(H,17,20). The minimum Gasteiger partial charge on any atom is -0.352 e. The van der Waals surface area contributed by atoms with Crippen molar-refractivity contribution in [3.63, 3.8) is 0 Å². The van der Waals surface area contributed by atoms with Gasteiger partial charge in [0.2, 0.25) is 0 Å². The number of hydrogen-bond donors (Lipinski definition) is 1. The van der Waals surface area contributed by atoms with Crippen LogP contribution in [0.2, 0.25) is 0 Å². The first-order valence-electron chi connectivity index (χ1n) is 6.65. The molecule has 0 aliphatic carbocycles. The molecule has 0 saturated heterocycles. The van der Waals surface area contributed by atoms with Crippen LogP contribution in [0.15, 0.2) is 24.3 Å². The molecule has 0 aliphatic rings. The second-order valence-electron chi connectivity index (χ2n) is 4.69. The van der Waals surface area contributed by atoms with Gasteiger partial charge in [-0.3, -0.25) is 4.79 Å². The quantitative estimate of drug-likeness (QED) is 0.932. The van der Waals surface area contributed by atoms with Gasteiger partial charge < -0.3 is 5.32 Å². The summed E-state index contributed by atoms with van der Waals surface area (Å²) in [6.45, 7) is 6.28. The predicted molar refractivity (Wildman–Crippen MR) is 75.6 cm³/mol. The first-order chi connectivity index (χ1) is 9.54. The third kappa shape index (κ3) is 2.71. The van der Waals surface area contributed by atoms with E-state index < -0.39 is 0 Å². The summed E-state index contributed by atoms with van der Waals surface area (Å²) in [4.78, 5) is 12.1. The Labute approximate surface area is 117 Å². The maximum Gasteiger partial charge on any atom is 0.255 e. The van der Waals surface area contributed by atoms with Crippen molar-refractivity contribution in [2.24, 2.45) is 0 Å². The van der Waals surface area contributed by atoms with Gasteiger partial charge in [-0.25, -0.2) is 9.07 Å². The molecule has 0 atom stereocenters. The number of amides is 1. The van der Waals surface area contributed by atoms with Crippen molar-refractivity contribution in [2.75, 3.05) is 6.54 Å². The monoisotopic (exact) mass is 275 g/mol. The van der Waals surface area contributed by atoms with Crippen molar-refractivity contribution in [3.05, 3.63) is 47.0 Å². The lowest BCUT2D eigenvalue weighted by molar-refractivity contribution is 0.0952. The number of aromatic nitrogens is 2. The summed E-state index contributed by atoms with van der Waals surface area (Å²) in [5.74, 6) is -0.411. The molecule has 2 rings (SSSR count). The number of carbonyl (C=O) groups excluding carboxylic acids is 1. The van der Waals surface area contributed by atoms with E-state index in [1.54, 1.807) is 23.7 Å². The van der Waals surface area contributed by atoms with Crippen molar-refractivity contribution < 1.29 is 9.18 Å². The molecule has 0 aliphatic heterocycles. The Bertz CT molecular complexity index is 617. The van der Waals surface area contributed by atoms with Gasteiger partial charge in [0, 0.05) is 6.54 Å². The van der Waals surface area contributed by atoms with Crippen molar-refractivity contribution in [1.82, 2.24) is 15.1 Å². The van der Waals surface area contributed by atoms with Crippen LogP contribution in [-0.2, 0) is 0 Å². The van der Waals surface area contributed by atoms with Gasteiger partial charge in [-0.2, -0.15) is 5.10 Å². The number of rotatable bonds is 4. The molecular formula is C15H18FN3O. The van der Waals surface area contributed by atoms with Gasteiger partial charge in [0.05, 0.1) is 22.6 Å². The lowest BCUT2D eigenvalue weighted by atomic mass is 10.2. The summed E-state index contributed by atoms with van der Waals surface area (Å²) in [5.41, 5.74) is 2.74. The zero-order chi connectivity index (χ0) is 14.7. The molecule has 1 amide bonds. The zero-order valence-corrected chi connectivity index (χ0v) is 11.9. The van der Waals surface area contributed by atoms with Gasteiger partial charge >= 0.3 is 0 Å². The lowest BCUT2D eigenvalue weighted by Gasteiger charge is -2.06. The molecule has 0 radical (unpaired) electrons. The van der Waals surface area contributed by atoms with Crippen molar-refractivity contribution >= 4 is 5.91 Å². The van der Waals surface area contributed by atoms with Crippen molar-refractivity contribution in [2.45, 2.75) is 27.2 Å². The van der Waals surface area contributed by atoms with Crippen LogP contribution in [0.3, 0.4) is 0 Å². The van der Waals surface area contributed by atoms with Crippen LogP contribution in [0, 0.1) is 19.7 Å². The zero-order valence-electron chi connectivity index (χ0n) is 11.9. The molecule has 1 N–H and O–H groups in total. The van der Waals surface area contributed by atoms with E-state index in [-0.39, 0.29) is 11.7 Å². The fourth-order valence-electron chi connectivity index (χ4n) is 2.13. The fourth-order valence-corrected chi connectivity index (χ4v) is 2.13. The van der Waals surface area contributed by atoms with Gasteiger partial charge in [0.15, 0.2) is 0 Å². The van der Waals surface area contributed by atoms with Crippen LogP contribution in [0.25, 0.3) is 5.69 Å². The Kier molecular flexibility index (Phi) is 4.17. The predicted octanol–water partition coefficient (Wildman–Crippen LogP) is 2.77. The normalized spacial score (nSPS) is 10.6. The average molecular weight is 275 g/mol. The number of nitrogens with one attached hydrogen (secondary N) is 1. The second kappa shape index (κ2) is 5.86. The number of aryl methyl sites for hydroxylation is 1. The van der Waals surface area contributed by atoms with Crippen LogP contribution in [0.5, 0.6) is 0 Å². The first kappa shape index (κ1) is 14.2. The van der Waals surface area contributed by atoms with Gasteiger partial charge in [0.1, 0.15) is 5.82 Å². The van der Waals surface area contributed by atoms with E-state index in [0.717, 1.165) is 17.8 Å². The molecule has 1 aromatic heterocycles. The van der Waals surface area contributed by atoms with E-state index in [2.05, 4.69) is 10.4 Å². The number of nitrogens with zero attached hydrogens (tertiary/aromatic N) is 2. The molecule has 4 nitrogen and oxygen atoms in total. The average Bonchev–Trinajstić information content (AvgIpc) is 2.72. The highest BCUT2D eigenvalue weighted by atomic mass is 19.1. The van der Waals surface area contributed by atoms with Gasteiger partial charge in [0.25, 0.3) is 5.91 Å². The Morgan fingerprint density at radius 2 is 1.95 bits per heavy atom. The molecule has 1 heterocycles. The van der Waals surface area contributed by atoms with E-state index in [4.69, 9.17) is 0 Å². The third-order valence-electron chi connectivity index (χ3n) is 3.13. The van der Waals surface area contributed by atoms with Crippen molar-refractivity contribution in [3.8, 4) is 5.69 Å². The topological polar surface area (TPSA) is 46.9 Å². The number of benzene rings is 1. The molecule has 0 fully saturated rings. The van der Waals surface area contributed by atoms with Crippen LogP contribution in [0.4, 0.5) is 4.39 Å². The molecule has 0 saturated carbocycles. The molecule has 0 spiro atoms. The molecule has 20 heavy (non-hydrogen) atoms. The summed E-state index contributed by atoms with van der Waals surface area (Å²) in [7, 11) is 0. The smallest absolute Gasteiger partial charge is 0.255 e. The van der Waals surface area contributed by atoms with Gasteiger partial charge in [-0.05, 0) is 44.5 Å². The van der Waals surface area contributed by atoms with E-state index in [1.807, 2.05) is 13.8 Å². The van der Waals surface area contributed by atoms with E-state index in [9.17, 15) is 9.18 Å². The maximum atomic E-state index is 13.0. The molecule has 5 heteroatoms. The summed E-state index contributed by atoms with van der Waals surface area (Å²) in [6.07, 6.45) is 0.885. The SMILES string of the molecule is CCCNC(=O)c1c(C)nn(-c2ccc(F)cc2)c1C. The molecule has 0 unspecified atom stereocenters. The maximum absolute atomic E-state index is 13.0. The third-order valence-corrected chi connectivity index (χ3v) is 3.13. The molecule has 1 aromatic carbocycles. The lowest BCUT2D eigenvalue weighted by Crippen LogP contribution is -2.25. The number of halogens is 1. The molecule has 2 aromatic rings. The highest BCUT2D eigenvalue weighted by molar-refractivity contribution is 5.96. The summed E-state index contributed by atoms with van der Waals surface area (Å²) < 4.78 is 14.6. The van der Waals surface area contributed by atoms with Crippen molar-refractivity contribution in [1.29, 1.82) is 0 Å². The van der Waals surface area contributed by atoms with Gasteiger partial charge in [-0.15, -0.1) is 0 Å². The minimum atomic E-state index is -0.295. The molecule has 106 valence electrons. The van der Waals surface area contributed by atoms with Crippen LogP contribution >= 0.6 is 0 Å². The van der Waals surface area contributed by atoms with Crippen LogP contribution in [0.1, 0.15) is 35.1 Å². The molecular weight excluding hydrogens is 257 g/mol. The summed E-state index contributed by atoms with van der Waals surface area (Å²) >= 11 is 0. The molecule has 0 bridgehead atoms. The Morgan fingerprint density at radius 3 is 2.55 bits per heavy atom. The minimum absolute atomic E-state index is 0.116. The Balaban J connectivity index is 2.38. The van der Waals surface area contributed by atoms with E-state index in [1.165, 1.54) is 12.1 Å². The second-order valence-corrected chi connectivity index (χ2v) is 4.69. The fraction of sp³-hybridized carbons (Fsp3) is 0.333.